The second kappa shape index (κ2) is 5.37. The molecule has 0 atom stereocenters. The van der Waals surface area contributed by atoms with Crippen LogP contribution in [0.1, 0.15) is 5.56 Å². The van der Waals surface area contributed by atoms with Crippen molar-refractivity contribution in [2.45, 2.75) is 0 Å². The first kappa shape index (κ1) is 12.3. The lowest BCUT2D eigenvalue weighted by molar-refractivity contribution is 1.37. The standard InChI is InChI=1S/C10H13N7/c1-15-8-3-2-7(4-6(8)5-11)16-10(14)17-9(12)13/h2-4,15H,1H3,(H6,12,13,14,16,17). The number of guanidine groups is 2. The van der Waals surface area contributed by atoms with Crippen molar-refractivity contribution in [1.82, 2.24) is 0 Å². The number of hydrogen-bond donors (Lipinski definition) is 4. The van der Waals surface area contributed by atoms with E-state index in [0.717, 1.165) is 0 Å². The number of nitrogens with two attached hydrogens (primary N) is 3. The van der Waals surface area contributed by atoms with E-state index in [2.05, 4.69) is 15.3 Å². The lowest BCUT2D eigenvalue weighted by atomic mass is 10.2. The van der Waals surface area contributed by atoms with Gasteiger partial charge in [-0.3, -0.25) is 0 Å². The Hall–Kier alpha value is -2.75. The van der Waals surface area contributed by atoms with Gasteiger partial charge in [0.2, 0.25) is 5.96 Å². The number of nitrogens with one attached hydrogen (secondary N) is 1. The summed E-state index contributed by atoms with van der Waals surface area (Å²) in [6, 6.07) is 7.05. The van der Waals surface area contributed by atoms with Crippen LogP contribution in [0.3, 0.4) is 0 Å². The molecular formula is C10H13N7. The summed E-state index contributed by atoms with van der Waals surface area (Å²) in [5.41, 5.74) is 17.5. The van der Waals surface area contributed by atoms with Crippen LogP contribution in [-0.2, 0) is 0 Å². The van der Waals surface area contributed by atoms with Crippen molar-refractivity contribution in [3.8, 4) is 6.07 Å². The summed E-state index contributed by atoms with van der Waals surface area (Å²) >= 11 is 0. The van der Waals surface area contributed by atoms with Gasteiger partial charge in [-0.25, -0.2) is 4.99 Å². The van der Waals surface area contributed by atoms with Crippen molar-refractivity contribution in [3.05, 3.63) is 23.8 Å². The molecule has 1 aromatic rings. The molecule has 17 heavy (non-hydrogen) atoms. The molecule has 88 valence electrons. The number of aliphatic imine (C=N–C) groups is 2. The molecule has 0 bridgehead atoms. The molecule has 7 heteroatoms. The van der Waals surface area contributed by atoms with E-state index in [1.165, 1.54) is 0 Å². The van der Waals surface area contributed by atoms with Crippen LogP contribution < -0.4 is 22.5 Å². The van der Waals surface area contributed by atoms with Crippen molar-refractivity contribution in [1.29, 1.82) is 5.26 Å². The Morgan fingerprint density at radius 1 is 1.35 bits per heavy atom. The molecule has 1 rings (SSSR count). The lowest BCUT2D eigenvalue weighted by Crippen LogP contribution is -2.26. The third kappa shape index (κ3) is 3.39. The third-order valence-corrected chi connectivity index (χ3v) is 1.88. The van der Waals surface area contributed by atoms with Crippen molar-refractivity contribution in [2.24, 2.45) is 27.2 Å². The fourth-order valence-corrected chi connectivity index (χ4v) is 1.20. The second-order valence-electron chi connectivity index (χ2n) is 3.10. The maximum absolute atomic E-state index is 8.92. The van der Waals surface area contributed by atoms with Crippen molar-refractivity contribution >= 4 is 23.3 Å². The smallest absolute Gasteiger partial charge is 0.223 e. The van der Waals surface area contributed by atoms with Crippen LogP contribution in [0.15, 0.2) is 28.2 Å². The van der Waals surface area contributed by atoms with Crippen LogP contribution in [0.5, 0.6) is 0 Å². The first-order valence-corrected chi connectivity index (χ1v) is 4.72. The van der Waals surface area contributed by atoms with Crippen LogP contribution in [0.25, 0.3) is 0 Å². The van der Waals surface area contributed by atoms with Gasteiger partial charge in [0.25, 0.3) is 0 Å². The quantitative estimate of drug-likeness (QED) is 0.413. The Morgan fingerprint density at radius 3 is 2.59 bits per heavy atom. The zero-order valence-electron chi connectivity index (χ0n) is 9.31. The first-order valence-electron chi connectivity index (χ1n) is 4.72. The second-order valence-corrected chi connectivity index (χ2v) is 3.10. The van der Waals surface area contributed by atoms with Crippen LogP contribution in [0.4, 0.5) is 11.4 Å². The Labute approximate surface area is 98.6 Å². The molecule has 0 spiro atoms. The molecule has 7 nitrogen and oxygen atoms in total. The number of nitrogens with zero attached hydrogens (tertiary/aromatic N) is 3. The van der Waals surface area contributed by atoms with Crippen molar-refractivity contribution in [2.75, 3.05) is 12.4 Å². The Kier molecular flexibility index (Phi) is 3.89. The van der Waals surface area contributed by atoms with E-state index in [1.54, 1.807) is 25.2 Å². The molecule has 0 radical (unpaired) electrons. The molecule has 7 N–H and O–H groups in total. The highest BCUT2D eigenvalue weighted by molar-refractivity contribution is 5.93. The predicted molar refractivity (Wildman–Crippen MR) is 67.8 cm³/mol. The zero-order valence-corrected chi connectivity index (χ0v) is 9.31. The Morgan fingerprint density at radius 2 is 2.06 bits per heavy atom. The summed E-state index contributed by atoms with van der Waals surface area (Å²) in [6.07, 6.45) is 0. The number of rotatable bonds is 2. The summed E-state index contributed by atoms with van der Waals surface area (Å²) in [4.78, 5) is 7.52. The van der Waals surface area contributed by atoms with Gasteiger partial charge in [0.1, 0.15) is 6.07 Å². The van der Waals surface area contributed by atoms with Gasteiger partial charge in [-0.1, -0.05) is 0 Å². The molecule has 1 aromatic carbocycles. The lowest BCUT2D eigenvalue weighted by Gasteiger charge is -2.03. The number of benzene rings is 1. The summed E-state index contributed by atoms with van der Waals surface area (Å²) in [5.74, 6) is -0.232. The van der Waals surface area contributed by atoms with Gasteiger partial charge < -0.3 is 22.5 Å². The molecule has 0 aromatic heterocycles. The maximum Gasteiger partial charge on any atom is 0.223 e. The summed E-state index contributed by atoms with van der Waals surface area (Å²) < 4.78 is 0. The summed E-state index contributed by atoms with van der Waals surface area (Å²) in [6.45, 7) is 0. The van der Waals surface area contributed by atoms with Gasteiger partial charge in [-0.05, 0) is 18.2 Å². The van der Waals surface area contributed by atoms with Gasteiger partial charge in [-0.15, -0.1) is 0 Å². The van der Waals surface area contributed by atoms with E-state index in [0.29, 0.717) is 16.9 Å². The zero-order chi connectivity index (χ0) is 12.8. The van der Waals surface area contributed by atoms with Crippen LogP contribution in [0, 0.1) is 11.3 Å². The SMILES string of the molecule is CNc1ccc(N=C(N)N=C(N)N)cc1C#N. The Balaban J connectivity index is 3.10. The van der Waals surface area contributed by atoms with Crippen molar-refractivity contribution in [3.63, 3.8) is 0 Å². The minimum Gasteiger partial charge on any atom is -0.387 e. The topological polar surface area (TPSA) is 139 Å². The third-order valence-electron chi connectivity index (χ3n) is 1.88. The van der Waals surface area contributed by atoms with Crippen LogP contribution in [0.2, 0.25) is 0 Å². The minimum absolute atomic E-state index is 0.0638. The maximum atomic E-state index is 8.92. The highest BCUT2D eigenvalue weighted by atomic mass is 15.1. The van der Waals surface area contributed by atoms with Gasteiger partial charge >= 0.3 is 0 Å². The van der Waals surface area contributed by atoms with E-state index in [1.807, 2.05) is 6.07 Å². The van der Waals surface area contributed by atoms with Gasteiger partial charge in [0, 0.05) is 7.05 Å². The monoisotopic (exact) mass is 231 g/mol. The predicted octanol–water partition coefficient (Wildman–Crippen LogP) is -0.180. The number of anilines is 1. The molecule has 0 aliphatic rings. The molecule has 0 fully saturated rings. The van der Waals surface area contributed by atoms with Gasteiger partial charge in [0.15, 0.2) is 5.96 Å². The van der Waals surface area contributed by atoms with E-state index < -0.39 is 0 Å². The normalized spacial score (nSPS) is 10.5. The average Bonchev–Trinajstić information content (AvgIpc) is 2.27. The first-order chi connectivity index (χ1) is 8.06. The van der Waals surface area contributed by atoms with E-state index in [9.17, 15) is 0 Å². The highest BCUT2D eigenvalue weighted by Gasteiger charge is 2.01. The van der Waals surface area contributed by atoms with Gasteiger partial charge in [0.05, 0.1) is 16.9 Å². The van der Waals surface area contributed by atoms with E-state index >= 15 is 0 Å². The molecule has 0 aliphatic heterocycles. The number of hydrogen-bond acceptors (Lipinski definition) is 3. The molecule has 0 aliphatic carbocycles. The molecular weight excluding hydrogens is 218 g/mol. The molecule has 0 heterocycles. The molecule has 0 saturated carbocycles. The fraction of sp³-hybridized carbons (Fsp3) is 0.100. The highest BCUT2D eigenvalue weighted by Crippen LogP contribution is 2.21. The van der Waals surface area contributed by atoms with E-state index in [-0.39, 0.29) is 11.9 Å². The fourth-order valence-electron chi connectivity index (χ4n) is 1.20. The van der Waals surface area contributed by atoms with E-state index in [4.69, 9.17) is 22.5 Å². The molecule has 0 unspecified atom stereocenters. The van der Waals surface area contributed by atoms with Gasteiger partial charge in [-0.2, -0.15) is 10.3 Å². The number of nitriles is 1. The largest absolute Gasteiger partial charge is 0.387 e. The summed E-state index contributed by atoms with van der Waals surface area (Å²) in [5, 5.41) is 11.8. The summed E-state index contributed by atoms with van der Waals surface area (Å²) in [7, 11) is 1.73. The molecule has 0 amide bonds. The van der Waals surface area contributed by atoms with Crippen LogP contribution in [-0.4, -0.2) is 19.0 Å². The average molecular weight is 231 g/mol. The Bertz CT molecular complexity index is 506. The van der Waals surface area contributed by atoms with Crippen molar-refractivity contribution < 1.29 is 0 Å². The molecule has 0 saturated heterocycles. The minimum atomic E-state index is -0.168. The van der Waals surface area contributed by atoms with Crippen LogP contribution >= 0.6 is 0 Å².